The Morgan fingerprint density at radius 3 is 3.00 bits per heavy atom. The van der Waals surface area contributed by atoms with Gasteiger partial charge in [-0.25, -0.2) is 0 Å². The van der Waals surface area contributed by atoms with E-state index in [0.29, 0.717) is 0 Å². The monoisotopic (exact) mass is 241 g/mol. The van der Waals surface area contributed by atoms with Crippen LogP contribution in [0.2, 0.25) is 0 Å². The molecule has 3 heteroatoms. The molecule has 0 bridgehead atoms. The summed E-state index contributed by atoms with van der Waals surface area (Å²) in [5.74, 6) is 0.935. The highest BCUT2D eigenvalue weighted by molar-refractivity contribution is 5.42. The SMILES string of the molecule is CC1Cc2cc(C(O)c3cccnc3)ccc2O1. The molecule has 2 atom stereocenters. The number of ether oxygens (including phenoxy) is 1. The first-order valence-electron chi connectivity index (χ1n) is 6.11. The van der Waals surface area contributed by atoms with Gasteiger partial charge < -0.3 is 9.84 Å². The first-order valence-corrected chi connectivity index (χ1v) is 6.11. The van der Waals surface area contributed by atoms with Crippen LogP contribution in [0.1, 0.15) is 29.7 Å². The quantitative estimate of drug-likeness (QED) is 0.878. The van der Waals surface area contributed by atoms with Crippen LogP contribution < -0.4 is 4.74 Å². The molecule has 1 aliphatic heterocycles. The van der Waals surface area contributed by atoms with Gasteiger partial charge in [-0.2, -0.15) is 0 Å². The van der Waals surface area contributed by atoms with Gasteiger partial charge in [-0.3, -0.25) is 4.98 Å². The zero-order chi connectivity index (χ0) is 12.5. The largest absolute Gasteiger partial charge is 0.490 e. The third-order valence-electron chi connectivity index (χ3n) is 3.24. The van der Waals surface area contributed by atoms with E-state index in [1.165, 1.54) is 5.56 Å². The van der Waals surface area contributed by atoms with Gasteiger partial charge in [0.2, 0.25) is 0 Å². The second kappa shape index (κ2) is 4.42. The summed E-state index contributed by atoms with van der Waals surface area (Å²) in [6.07, 6.45) is 3.90. The Balaban J connectivity index is 1.92. The van der Waals surface area contributed by atoms with Crippen LogP contribution in [0.4, 0.5) is 0 Å². The van der Waals surface area contributed by atoms with Crippen LogP contribution in [0, 0.1) is 0 Å². The number of benzene rings is 1. The smallest absolute Gasteiger partial charge is 0.123 e. The lowest BCUT2D eigenvalue weighted by Crippen LogP contribution is -2.05. The summed E-state index contributed by atoms with van der Waals surface area (Å²) in [6, 6.07) is 9.58. The fourth-order valence-corrected chi connectivity index (χ4v) is 2.34. The van der Waals surface area contributed by atoms with Gasteiger partial charge in [0.1, 0.15) is 18.0 Å². The highest BCUT2D eigenvalue weighted by atomic mass is 16.5. The first kappa shape index (κ1) is 11.2. The Morgan fingerprint density at radius 2 is 2.22 bits per heavy atom. The molecule has 2 unspecified atom stereocenters. The van der Waals surface area contributed by atoms with Gasteiger partial charge in [-0.05, 0) is 36.2 Å². The molecule has 1 N–H and O–H groups in total. The summed E-state index contributed by atoms with van der Waals surface area (Å²) >= 11 is 0. The van der Waals surface area contributed by atoms with Crippen LogP contribution in [-0.4, -0.2) is 16.2 Å². The topological polar surface area (TPSA) is 42.4 Å². The average Bonchev–Trinajstić information content (AvgIpc) is 2.78. The molecule has 0 amide bonds. The van der Waals surface area contributed by atoms with Crippen molar-refractivity contribution in [3.8, 4) is 5.75 Å². The van der Waals surface area contributed by atoms with Gasteiger partial charge in [0.25, 0.3) is 0 Å². The van der Waals surface area contributed by atoms with Crippen LogP contribution in [0.25, 0.3) is 0 Å². The molecule has 1 aliphatic rings. The predicted octanol–water partition coefficient (Wildman–Crippen LogP) is 2.49. The molecule has 0 saturated heterocycles. The number of aromatic nitrogens is 1. The molecule has 92 valence electrons. The molecule has 3 nitrogen and oxygen atoms in total. The summed E-state index contributed by atoms with van der Waals surface area (Å²) < 4.78 is 5.65. The zero-order valence-electron chi connectivity index (χ0n) is 10.2. The molecule has 0 spiro atoms. The van der Waals surface area contributed by atoms with E-state index in [-0.39, 0.29) is 6.10 Å². The second-order valence-electron chi connectivity index (χ2n) is 4.69. The van der Waals surface area contributed by atoms with Gasteiger partial charge in [0.05, 0.1) is 0 Å². The Morgan fingerprint density at radius 1 is 1.33 bits per heavy atom. The first-order chi connectivity index (χ1) is 8.74. The third-order valence-corrected chi connectivity index (χ3v) is 3.24. The van der Waals surface area contributed by atoms with E-state index in [1.54, 1.807) is 12.4 Å². The van der Waals surface area contributed by atoms with Crippen LogP contribution in [0.3, 0.4) is 0 Å². The van der Waals surface area contributed by atoms with Crippen molar-refractivity contribution in [2.24, 2.45) is 0 Å². The normalized spacial score (nSPS) is 19.1. The number of aliphatic hydroxyl groups is 1. The summed E-state index contributed by atoms with van der Waals surface area (Å²) in [5.41, 5.74) is 2.87. The fraction of sp³-hybridized carbons (Fsp3) is 0.267. The standard InChI is InChI=1S/C15H15NO2/c1-10-7-13-8-11(4-5-14(13)18-10)15(17)12-3-2-6-16-9-12/h2-6,8-10,15,17H,7H2,1H3. The molecule has 1 aromatic carbocycles. The minimum Gasteiger partial charge on any atom is -0.490 e. The summed E-state index contributed by atoms with van der Waals surface area (Å²) in [6.45, 7) is 2.05. The van der Waals surface area contributed by atoms with E-state index < -0.39 is 6.10 Å². The summed E-state index contributed by atoms with van der Waals surface area (Å²) in [4.78, 5) is 4.03. The molecular weight excluding hydrogens is 226 g/mol. The van der Waals surface area contributed by atoms with Crippen molar-refractivity contribution in [3.63, 3.8) is 0 Å². The van der Waals surface area contributed by atoms with E-state index in [4.69, 9.17) is 4.74 Å². The molecule has 3 rings (SSSR count). The van der Waals surface area contributed by atoms with Crippen LogP contribution >= 0.6 is 0 Å². The van der Waals surface area contributed by atoms with Crippen LogP contribution in [0.15, 0.2) is 42.7 Å². The number of rotatable bonds is 2. The van der Waals surface area contributed by atoms with Crippen LogP contribution in [-0.2, 0) is 6.42 Å². The molecule has 0 saturated carbocycles. The van der Waals surface area contributed by atoms with Crippen molar-refractivity contribution >= 4 is 0 Å². The maximum absolute atomic E-state index is 10.3. The van der Waals surface area contributed by atoms with Crippen molar-refractivity contribution in [1.29, 1.82) is 0 Å². The van der Waals surface area contributed by atoms with E-state index in [9.17, 15) is 5.11 Å². The van der Waals surface area contributed by atoms with Gasteiger partial charge in [0, 0.05) is 24.4 Å². The minimum absolute atomic E-state index is 0.228. The van der Waals surface area contributed by atoms with E-state index in [1.807, 2.05) is 30.3 Å². The lowest BCUT2D eigenvalue weighted by atomic mass is 9.99. The number of nitrogens with zero attached hydrogens (tertiary/aromatic N) is 1. The van der Waals surface area contributed by atoms with Crippen LogP contribution in [0.5, 0.6) is 5.75 Å². The molecule has 0 radical (unpaired) electrons. The van der Waals surface area contributed by atoms with E-state index in [0.717, 1.165) is 23.3 Å². The number of hydrogen-bond donors (Lipinski definition) is 1. The van der Waals surface area contributed by atoms with Gasteiger partial charge in [-0.1, -0.05) is 12.1 Å². The maximum Gasteiger partial charge on any atom is 0.123 e. The van der Waals surface area contributed by atoms with Crippen molar-refractivity contribution in [2.75, 3.05) is 0 Å². The van der Waals surface area contributed by atoms with Gasteiger partial charge in [-0.15, -0.1) is 0 Å². The Kier molecular flexibility index (Phi) is 2.76. The zero-order valence-corrected chi connectivity index (χ0v) is 10.2. The van der Waals surface area contributed by atoms with Gasteiger partial charge >= 0.3 is 0 Å². The Hall–Kier alpha value is -1.87. The average molecular weight is 241 g/mol. The molecule has 18 heavy (non-hydrogen) atoms. The minimum atomic E-state index is -0.625. The number of aliphatic hydroxyl groups excluding tert-OH is 1. The molecule has 0 aliphatic carbocycles. The van der Waals surface area contributed by atoms with E-state index >= 15 is 0 Å². The molecule has 1 aromatic heterocycles. The molecular formula is C15H15NO2. The Labute approximate surface area is 106 Å². The second-order valence-corrected chi connectivity index (χ2v) is 4.69. The van der Waals surface area contributed by atoms with Crippen molar-refractivity contribution in [1.82, 2.24) is 4.98 Å². The van der Waals surface area contributed by atoms with E-state index in [2.05, 4.69) is 11.9 Å². The predicted molar refractivity (Wildman–Crippen MR) is 68.5 cm³/mol. The number of pyridine rings is 1. The summed E-state index contributed by atoms with van der Waals surface area (Å²) in [5, 5.41) is 10.3. The third kappa shape index (κ3) is 1.97. The number of hydrogen-bond acceptors (Lipinski definition) is 3. The fourth-order valence-electron chi connectivity index (χ4n) is 2.34. The molecule has 0 fully saturated rings. The maximum atomic E-state index is 10.3. The van der Waals surface area contributed by atoms with Gasteiger partial charge in [0.15, 0.2) is 0 Å². The molecule has 2 heterocycles. The Bertz CT molecular complexity index is 554. The van der Waals surface area contributed by atoms with Crippen molar-refractivity contribution in [3.05, 3.63) is 59.4 Å². The lowest BCUT2D eigenvalue weighted by molar-refractivity contribution is 0.219. The molecule has 2 aromatic rings. The number of fused-ring (bicyclic) bond motifs is 1. The van der Waals surface area contributed by atoms with Crippen molar-refractivity contribution in [2.45, 2.75) is 25.6 Å². The lowest BCUT2D eigenvalue weighted by Gasteiger charge is -2.11. The van der Waals surface area contributed by atoms with Crippen molar-refractivity contribution < 1.29 is 9.84 Å². The highest BCUT2D eigenvalue weighted by Gasteiger charge is 2.20. The highest BCUT2D eigenvalue weighted by Crippen LogP contribution is 2.32. The summed E-state index contributed by atoms with van der Waals surface area (Å²) in [7, 11) is 0.